The number of nitrogens with zero attached hydrogens (tertiary/aromatic N) is 1. The van der Waals surface area contributed by atoms with Gasteiger partial charge in [-0.3, -0.25) is 14.9 Å². The average Bonchev–Trinajstić information content (AvgIpc) is 2.28. The molecule has 0 spiro atoms. The van der Waals surface area contributed by atoms with Gasteiger partial charge in [-0.25, -0.2) is 0 Å². The number of benzene rings is 1. The first-order valence-electron chi connectivity index (χ1n) is 5.03. The summed E-state index contributed by atoms with van der Waals surface area (Å²) in [5.41, 5.74) is 0.741. The van der Waals surface area contributed by atoms with Gasteiger partial charge >= 0.3 is 0 Å². The fourth-order valence-electron chi connectivity index (χ4n) is 1.38. The summed E-state index contributed by atoms with van der Waals surface area (Å²) in [5.74, 6) is -0.217. The Labute approximate surface area is 93.7 Å². The molecule has 1 aromatic rings. The summed E-state index contributed by atoms with van der Waals surface area (Å²) in [5, 5.41) is 10.5. The Hall–Kier alpha value is -1.97. The lowest BCUT2D eigenvalue weighted by Crippen LogP contribution is -2.02. The standard InChI is InChI=1S/C12H13NO3/c1-3-5-9(2)12(14)10-6-4-7-11(8-10)13(15)16/h4,6-8H,2-3,5H2,1H3. The second-order valence-corrected chi connectivity index (χ2v) is 3.49. The molecule has 0 saturated heterocycles. The van der Waals surface area contributed by atoms with Crippen molar-refractivity contribution in [1.82, 2.24) is 0 Å². The van der Waals surface area contributed by atoms with Crippen molar-refractivity contribution in [2.75, 3.05) is 0 Å². The van der Waals surface area contributed by atoms with Gasteiger partial charge in [0.2, 0.25) is 0 Å². The largest absolute Gasteiger partial charge is 0.289 e. The van der Waals surface area contributed by atoms with Gasteiger partial charge in [0.1, 0.15) is 0 Å². The fraction of sp³-hybridized carbons (Fsp3) is 0.250. The summed E-state index contributed by atoms with van der Waals surface area (Å²) in [6.07, 6.45) is 1.45. The minimum absolute atomic E-state index is 0.0739. The molecule has 0 aliphatic heterocycles. The molecule has 0 amide bonds. The predicted molar refractivity (Wildman–Crippen MR) is 61.5 cm³/mol. The molecular formula is C12H13NO3. The molecule has 0 aromatic heterocycles. The molecular weight excluding hydrogens is 206 g/mol. The fourth-order valence-corrected chi connectivity index (χ4v) is 1.38. The Morgan fingerprint density at radius 2 is 2.19 bits per heavy atom. The van der Waals surface area contributed by atoms with Crippen molar-refractivity contribution in [3.05, 3.63) is 52.1 Å². The third-order valence-corrected chi connectivity index (χ3v) is 2.19. The van der Waals surface area contributed by atoms with Crippen LogP contribution >= 0.6 is 0 Å². The van der Waals surface area contributed by atoms with Crippen LogP contribution in [0.4, 0.5) is 5.69 Å². The molecule has 84 valence electrons. The van der Waals surface area contributed by atoms with Gasteiger partial charge in [-0.2, -0.15) is 0 Å². The highest BCUT2D eigenvalue weighted by Crippen LogP contribution is 2.17. The SMILES string of the molecule is C=C(CCC)C(=O)c1cccc([N+](=O)[O-])c1. The summed E-state index contributed by atoms with van der Waals surface area (Å²) >= 11 is 0. The molecule has 0 aliphatic rings. The lowest BCUT2D eigenvalue weighted by atomic mass is 10.0. The topological polar surface area (TPSA) is 60.2 Å². The van der Waals surface area contributed by atoms with Crippen LogP contribution in [0, 0.1) is 10.1 Å². The monoisotopic (exact) mass is 219 g/mol. The Morgan fingerprint density at radius 1 is 1.50 bits per heavy atom. The maximum absolute atomic E-state index is 11.8. The molecule has 4 heteroatoms. The highest BCUT2D eigenvalue weighted by atomic mass is 16.6. The highest BCUT2D eigenvalue weighted by Gasteiger charge is 2.13. The molecule has 4 nitrogen and oxygen atoms in total. The summed E-state index contributed by atoms with van der Waals surface area (Å²) in [4.78, 5) is 21.8. The number of hydrogen-bond donors (Lipinski definition) is 0. The quantitative estimate of drug-likeness (QED) is 0.331. The van der Waals surface area contributed by atoms with E-state index in [9.17, 15) is 14.9 Å². The van der Waals surface area contributed by atoms with Crippen LogP contribution in [0.3, 0.4) is 0 Å². The third kappa shape index (κ3) is 2.76. The van der Waals surface area contributed by atoms with E-state index in [2.05, 4.69) is 6.58 Å². The summed E-state index contributed by atoms with van der Waals surface area (Å²) in [7, 11) is 0. The molecule has 1 aromatic carbocycles. The molecule has 0 heterocycles. The maximum atomic E-state index is 11.8. The van der Waals surface area contributed by atoms with Gasteiger partial charge in [-0.1, -0.05) is 32.1 Å². The smallest absolute Gasteiger partial charge is 0.270 e. The second kappa shape index (κ2) is 5.21. The van der Waals surface area contributed by atoms with Crippen molar-refractivity contribution >= 4 is 11.5 Å². The minimum Gasteiger partial charge on any atom is -0.289 e. The highest BCUT2D eigenvalue weighted by molar-refractivity contribution is 6.08. The molecule has 0 unspecified atom stereocenters. The first-order valence-corrected chi connectivity index (χ1v) is 5.03. The zero-order valence-corrected chi connectivity index (χ0v) is 9.10. The van der Waals surface area contributed by atoms with Gasteiger partial charge < -0.3 is 0 Å². The number of allylic oxidation sites excluding steroid dienone is 1. The van der Waals surface area contributed by atoms with Crippen LogP contribution in [-0.2, 0) is 0 Å². The summed E-state index contributed by atoms with van der Waals surface area (Å²) in [6.45, 7) is 5.63. The van der Waals surface area contributed by atoms with Crippen LogP contribution in [0.5, 0.6) is 0 Å². The molecule has 0 aliphatic carbocycles. The van der Waals surface area contributed by atoms with Crippen molar-refractivity contribution in [3.63, 3.8) is 0 Å². The molecule has 0 fully saturated rings. The second-order valence-electron chi connectivity index (χ2n) is 3.49. The van der Waals surface area contributed by atoms with Crippen LogP contribution in [0.25, 0.3) is 0 Å². The lowest BCUT2D eigenvalue weighted by Gasteiger charge is -2.02. The Kier molecular flexibility index (Phi) is 3.94. The molecule has 16 heavy (non-hydrogen) atoms. The van der Waals surface area contributed by atoms with Gasteiger partial charge in [-0.15, -0.1) is 0 Å². The number of carbonyl (C=O) groups is 1. The zero-order chi connectivity index (χ0) is 12.1. The Morgan fingerprint density at radius 3 is 2.75 bits per heavy atom. The van der Waals surface area contributed by atoms with E-state index in [0.717, 1.165) is 6.42 Å². The van der Waals surface area contributed by atoms with Crippen molar-refractivity contribution in [1.29, 1.82) is 0 Å². The first-order chi connectivity index (χ1) is 7.56. The van der Waals surface area contributed by atoms with Crippen LogP contribution < -0.4 is 0 Å². The molecule has 0 atom stereocenters. The summed E-state index contributed by atoms with van der Waals surface area (Å²) in [6, 6.07) is 5.71. The van der Waals surface area contributed by atoms with Gasteiger partial charge in [0.05, 0.1) is 4.92 Å². The summed E-state index contributed by atoms with van der Waals surface area (Å²) < 4.78 is 0. The molecule has 0 N–H and O–H groups in total. The molecule has 0 bridgehead atoms. The van der Waals surface area contributed by atoms with Gasteiger partial charge in [0.25, 0.3) is 5.69 Å². The van der Waals surface area contributed by atoms with Crippen LogP contribution in [0.2, 0.25) is 0 Å². The Balaban J connectivity index is 2.96. The van der Waals surface area contributed by atoms with Crippen molar-refractivity contribution in [2.24, 2.45) is 0 Å². The van der Waals surface area contributed by atoms with E-state index in [1.54, 1.807) is 6.07 Å². The predicted octanol–water partition coefficient (Wildman–Crippen LogP) is 3.13. The van der Waals surface area contributed by atoms with Crippen LogP contribution in [0.1, 0.15) is 30.1 Å². The molecule has 0 saturated carbocycles. The number of carbonyl (C=O) groups excluding carboxylic acids is 1. The third-order valence-electron chi connectivity index (χ3n) is 2.19. The van der Waals surface area contributed by atoms with Gasteiger partial charge in [0, 0.05) is 17.7 Å². The maximum Gasteiger partial charge on any atom is 0.270 e. The van der Waals surface area contributed by atoms with E-state index < -0.39 is 4.92 Å². The van der Waals surface area contributed by atoms with E-state index in [1.807, 2.05) is 6.92 Å². The van der Waals surface area contributed by atoms with Gasteiger partial charge in [-0.05, 0) is 12.0 Å². The average molecular weight is 219 g/mol. The number of nitro groups is 1. The normalized spacial score (nSPS) is 9.81. The molecule has 0 radical (unpaired) electrons. The molecule has 1 rings (SSSR count). The number of non-ortho nitro benzene ring substituents is 1. The van der Waals surface area contributed by atoms with Crippen molar-refractivity contribution in [3.8, 4) is 0 Å². The minimum atomic E-state index is -0.515. The van der Waals surface area contributed by atoms with E-state index in [0.29, 0.717) is 17.6 Å². The van der Waals surface area contributed by atoms with E-state index >= 15 is 0 Å². The number of Topliss-reactive ketones (excluding diaryl/α,β-unsaturated/α-hetero) is 1. The number of hydrogen-bond acceptors (Lipinski definition) is 3. The van der Waals surface area contributed by atoms with Crippen molar-refractivity contribution in [2.45, 2.75) is 19.8 Å². The number of ketones is 1. The van der Waals surface area contributed by atoms with Crippen LogP contribution in [-0.4, -0.2) is 10.7 Å². The first kappa shape index (κ1) is 12.1. The number of nitro benzene ring substituents is 1. The van der Waals surface area contributed by atoms with E-state index in [-0.39, 0.29) is 11.5 Å². The van der Waals surface area contributed by atoms with E-state index in [4.69, 9.17) is 0 Å². The number of rotatable bonds is 5. The van der Waals surface area contributed by atoms with E-state index in [1.165, 1.54) is 18.2 Å². The lowest BCUT2D eigenvalue weighted by molar-refractivity contribution is -0.384. The van der Waals surface area contributed by atoms with Gasteiger partial charge in [0.15, 0.2) is 5.78 Å². The Bertz CT molecular complexity index is 438. The van der Waals surface area contributed by atoms with Crippen LogP contribution in [0.15, 0.2) is 36.4 Å². The zero-order valence-electron chi connectivity index (χ0n) is 9.10. The van der Waals surface area contributed by atoms with Crippen molar-refractivity contribution < 1.29 is 9.72 Å².